The first kappa shape index (κ1) is 36.0. The third-order valence-electron chi connectivity index (χ3n) is 0. The molecular weight excluding hydrogens is 230 g/mol. The van der Waals surface area contributed by atoms with Gasteiger partial charge in [-0.2, -0.15) is 0 Å². The van der Waals surface area contributed by atoms with Crippen molar-refractivity contribution in [1.29, 1.82) is 0 Å². The van der Waals surface area contributed by atoms with Gasteiger partial charge in [0.2, 0.25) is 0 Å². The summed E-state index contributed by atoms with van der Waals surface area (Å²) in [4.78, 5) is 11.3. The van der Waals surface area contributed by atoms with Crippen molar-refractivity contribution in [3.63, 3.8) is 0 Å². The average molecular weight is 262 g/mol. The highest BCUT2D eigenvalue weighted by molar-refractivity contribution is 6.04. The van der Waals surface area contributed by atoms with Crippen LogP contribution in [0.3, 0.4) is 0 Å². The van der Waals surface area contributed by atoms with E-state index in [4.69, 9.17) is 26.1 Å². The van der Waals surface area contributed by atoms with E-state index in [9.17, 15) is 0 Å². The van der Waals surface area contributed by atoms with Crippen LogP contribution in [0, 0.1) is 10.1 Å². The Kier molecular flexibility index (Phi) is 110. The maximum Gasteiger partial charge on any atom is 0.194 e. The number of rotatable bonds is 0. The van der Waals surface area contributed by atoms with E-state index in [-0.39, 0.29) is 0 Å². The molecule has 0 amide bonds. The van der Waals surface area contributed by atoms with E-state index >= 15 is 0 Å². The molecule has 2 N–H and O–H groups in total. The molecule has 0 aliphatic carbocycles. The predicted octanol–water partition coefficient (Wildman–Crippen LogP) is 0.783. The molecule has 110 valence electrons. The van der Waals surface area contributed by atoms with Crippen molar-refractivity contribution in [3.8, 4) is 0 Å². The van der Waals surface area contributed by atoms with Crippen LogP contribution in [0.25, 0.3) is 0 Å². The summed E-state index contributed by atoms with van der Waals surface area (Å²) >= 11 is 0. The van der Waals surface area contributed by atoms with Gasteiger partial charge in [0, 0.05) is 4.92 Å². The molecule has 0 atom stereocenters. The quantitative estimate of drug-likeness (QED) is 0.396. The van der Waals surface area contributed by atoms with Gasteiger partial charge in [0.1, 0.15) is 0 Å². The topological polar surface area (TPSA) is 75.6 Å². The fourth-order valence-electron chi connectivity index (χ4n) is 0. The van der Waals surface area contributed by atoms with Crippen molar-refractivity contribution in [1.82, 2.24) is 9.62 Å². The number of nitro groups is 1. The highest BCUT2D eigenvalue weighted by atomic mass is 16.6. The van der Waals surface area contributed by atoms with Gasteiger partial charge in [-0.3, -0.25) is 10.1 Å². The van der Waals surface area contributed by atoms with E-state index in [1.54, 1.807) is 28.2 Å². The molecule has 0 aliphatic rings. The van der Waals surface area contributed by atoms with Gasteiger partial charge in [-0.1, -0.05) is 27.7 Å². The zero-order chi connectivity index (χ0) is 16.7. The summed E-state index contributed by atoms with van der Waals surface area (Å²) in [6.45, 7) is 8.00. The van der Waals surface area contributed by atoms with Gasteiger partial charge < -0.3 is 15.4 Å². The summed E-state index contributed by atoms with van der Waals surface area (Å²) in [7, 11) is 19.4. The first-order valence-corrected chi connectivity index (χ1v) is 5.69. The van der Waals surface area contributed by atoms with Crippen LogP contribution in [0.15, 0.2) is 0 Å². The lowest BCUT2D eigenvalue weighted by atomic mass is 10.4. The number of nitrogens with zero attached hydrogens (tertiary/aromatic N) is 3. The zero-order valence-electron chi connectivity index (χ0n) is 13.9. The standard InChI is InChI=1S/2C2H6BN.2C2H6.CH3NO2.CH5N/c2*1-4(2)3;2*1-2;1-2(3)4;1-2/h2*1-2H3;2*1-2H3;1H3;2H2,1H3. The van der Waals surface area contributed by atoms with Crippen LogP contribution in [0.2, 0.25) is 0 Å². The van der Waals surface area contributed by atoms with Gasteiger partial charge in [0.25, 0.3) is 0 Å². The molecule has 8 heteroatoms. The molecule has 0 bridgehead atoms. The summed E-state index contributed by atoms with van der Waals surface area (Å²) in [6, 6.07) is 0. The van der Waals surface area contributed by atoms with Crippen molar-refractivity contribution in [2.24, 2.45) is 5.73 Å². The van der Waals surface area contributed by atoms with Crippen LogP contribution >= 0.6 is 0 Å². The molecular formula is C10H32B2N4O2. The molecule has 0 rings (SSSR count). The minimum absolute atomic E-state index is 0.500. The lowest BCUT2D eigenvalue weighted by Crippen LogP contribution is -2.02. The molecule has 0 saturated carbocycles. The Morgan fingerprint density at radius 2 is 0.889 bits per heavy atom. The monoisotopic (exact) mass is 262 g/mol. The average Bonchev–Trinajstić information content (AvgIpc) is 2.23. The molecule has 0 unspecified atom stereocenters. The second-order valence-corrected chi connectivity index (χ2v) is 2.37. The number of hydrogen-bond acceptors (Lipinski definition) is 5. The first-order chi connectivity index (χ1) is 8.20. The highest BCUT2D eigenvalue weighted by Gasteiger charge is 1.60. The van der Waals surface area contributed by atoms with Crippen LogP contribution < -0.4 is 5.73 Å². The SMILES string of the molecule is CC.CC.CN.C[N+](=O)[O-].[B]N(C)C.[B]N(C)C. The minimum Gasteiger partial charge on any atom is -0.359 e. The third-order valence-corrected chi connectivity index (χ3v) is 0. The van der Waals surface area contributed by atoms with E-state index in [0.717, 1.165) is 7.05 Å². The molecule has 0 spiro atoms. The Morgan fingerprint density at radius 3 is 0.889 bits per heavy atom. The molecule has 4 radical (unpaired) electrons. The minimum atomic E-state index is -0.500. The second-order valence-electron chi connectivity index (χ2n) is 2.37. The zero-order valence-corrected chi connectivity index (χ0v) is 13.9. The van der Waals surface area contributed by atoms with E-state index in [1.807, 2.05) is 27.7 Å². The van der Waals surface area contributed by atoms with Crippen LogP contribution in [-0.2, 0) is 0 Å². The second kappa shape index (κ2) is 55.1. The van der Waals surface area contributed by atoms with E-state index in [0.29, 0.717) is 0 Å². The largest absolute Gasteiger partial charge is 0.359 e. The Balaban J connectivity index is -0.0000000249. The van der Waals surface area contributed by atoms with Crippen molar-refractivity contribution in [2.45, 2.75) is 27.7 Å². The summed E-state index contributed by atoms with van der Waals surface area (Å²) in [5.41, 5.74) is 4.50. The molecule has 0 aromatic carbocycles. The molecule has 6 nitrogen and oxygen atoms in total. The molecule has 0 saturated heterocycles. The fourth-order valence-corrected chi connectivity index (χ4v) is 0. The molecule has 0 fully saturated rings. The third kappa shape index (κ3) is 9190. The Hall–Kier alpha value is -0.590. The summed E-state index contributed by atoms with van der Waals surface area (Å²) in [6.07, 6.45) is 0. The van der Waals surface area contributed by atoms with Crippen LogP contribution in [0.4, 0.5) is 0 Å². The summed E-state index contributed by atoms with van der Waals surface area (Å²) < 4.78 is 0. The summed E-state index contributed by atoms with van der Waals surface area (Å²) in [5.74, 6) is 0. The van der Waals surface area contributed by atoms with Gasteiger partial charge >= 0.3 is 0 Å². The normalized spacial score (nSPS) is 6.28. The van der Waals surface area contributed by atoms with E-state index < -0.39 is 4.92 Å². The Morgan fingerprint density at radius 1 is 0.889 bits per heavy atom. The molecule has 0 aliphatic heterocycles. The predicted molar refractivity (Wildman–Crippen MR) is 84.6 cm³/mol. The molecule has 0 aromatic rings. The van der Waals surface area contributed by atoms with Gasteiger partial charge in [-0.25, -0.2) is 0 Å². The molecule has 18 heavy (non-hydrogen) atoms. The van der Waals surface area contributed by atoms with Gasteiger partial charge in [0.05, 0.1) is 0 Å². The van der Waals surface area contributed by atoms with Crippen LogP contribution in [-0.4, -0.2) is 72.8 Å². The highest BCUT2D eigenvalue weighted by Crippen LogP contribution is 1.45. The van der Waals surface area contributed by atoms with Crippen molar-refractivity contribution in [2.75, 3.05) is 42.3 Å². The molecule has 0 aromatic heterocycles. The lowest BCUT2D eigenvalue weighted by Gasteiger charge is -1.90. The van der Waals surface area contributed by atoms with Crippen molar-refractivity contribution < 1.29 is 4.92 Å². The van der Waals surface area contributed by atoms with Crippen molar-refractivity contribution in [3.05, 3.63) is 10.1 Å². The summed E-state index contributed by atoms with van der Waals surface area (Å²) in [5, 5.41) is 8.81. The fraction of sp³-hybridized carbons (Fsp3) is 1.00. The van der Waals surface area contributed by atoms with E-state index in [1.165, 1.54) is 16.7 Å². The number of hydrogen-bond donors (Lipinski definition) is 1. The van der Waals surface area contributed by atoms with Gasteiger partial charge in [0.15, 0.2) is 23.0 Å². The van der Waals surface area contributed by atoms with Crippen LogP contribution in [0.5, 0.6) is 0 Å². The van der Waals surface area contributed by atoms with Crippen molar-refractivity contribution >= 4 is 16.0 Å². The van der Waals surface area contributed by atoms with Gasteiger partial charge in [-0.05, 0) is 35.2 Å². The Bertz CT molecular complexity index is 92.4. The van der Waals surface area contributed by atoms with Crippen LogP contribution in [0.1, 0.15) is 27.7 Å². The maximum atomic E-state index is 8.81. The molecule has 0 heterocycles. The number of nitrogens with two attached hydrogens (primary N) is 1. The van der Waals surface area contributed by atoms with E-state index in [2.05, 4.69) is 5.73 Å². The maximum absolute atomic E-state index is 8.81. The smallest absolute Gasteiger partial charge is 0.194 e. The first-order valence-electron chi connectivity index (χ1n) is 5.69. The lowest BCUT2D eigenvalue weighted by molar-refractivity contribution is -0.445. The van der Waals surface area contributed by atoms with Gasteiger partial charge in [-0.15, -0.1) is 0 Å². The Labute approximate surface area is 117 Å².